The number of anilines is 1. The van der Waals surface area contributed by atoms with Crippen molar-refractivity contribution in [3.8, 4) is 0 Å². The molecule has 2 rings (SSSR count). The lowest BCUT2D eigenvalue weighted by Crippen LogP contribution is -1.95. The lowest BCUT2D eigenvalue weighted by molar-refractivity contribution is 1.03. The van der Waals surface area contributed by atoms with Crippen LogP contribution in [0.1, 0.15) is 16.7 Å². The first-order valence-corrected chi connectivity index (χ1v) is 7.30. The van der Waals surface area contributed by atoms with Crippen LogP contribution < -0.4 is 5.73 Å². The fraction of sp³-hybridized carbons (Fsp3) is 0.231. The Hall–Kier alpha value is -1.07. The van der Waals surface area contributed by atoms with Crippen molar-refractivity contribution in [2.45, 2.75) is 24.6 Å². The van der Waals surface area contributed by atoms with Crippen molar-refractivity contribution >= 4 is 33.5 Å². The minimum Gasteiger partial charge on any atom is -0.383 e. The molecule has 94 valence electrons. The SMILES string of the molecule is Cc1cc(C)cc(CSc2ncnc(N)c2Br)c1. The highest BCUT2D eigenvalue weighted by Crippen LogP contribution is 2.30. The summed E-state index contributed by atoms with van der Waals surface area (Å²) in [5, 5.41) is 0.877. The third-order valence-electron chi connectivity index (χ3n) is 2.44. The summed E-state index contributed by atoms with van der Waals surface area (Å²) in [6.45, 7) is 4.22. The molecule has 0 saturated heterocycles. The molecule has 3 nitrogen and oxygen atoms in total. The van der Waals surface area contributed by atoms with Crippen molar-refractivity contribution < 1.29 is 0 Å². The van der Waals surface area contributed by atoms with E-state index in [1.165, 1.54) is 23.0 Å². The average molecular weight is 324 g/mol. The van der Waals surface area contributed by atoms with Crippen molar-refractivity contribution in [2.75, 3.05) is 5.73 Å². The number of rotatable bonds is 3. The highest BCUT2D eigenvalue weighted by molar-refractivity contribution is 9.10. The van der Waals surface area contributed by atoms with Gasteiger partial charge in [0, 0.05) is 5.75 Å². The van der Waals surface area contributed by atoms with Crippen LogP contribution >= 0.6 is 27.7 Å². The maximum absolute atomic E-state index is 5.73. The van der Waals surface area contributed by atoms with Crippen molar-refractivity contribution in [1.82, 2.24) is 9.97 Å². The number of halogens is 1. The fourth-order valence-electron chi connectivity index (χ4n) is 1.77. The summed E-state index contributed by atoms with van der Waals surface area (Å²) >= 11 is 5.07. The summed E-state index contributed by atoms with van der Waals surface area (Å²) in [6, 6.07) is 6.56. The standard InChI is InChI=1S/C13H14BrN3S/c1-8-3-9(2)5-10(4-8)6-18-13-11(14)12(15)16-7-17-13/h3-5,7H,6H2,1-2H3,(H2,15,16,17). The van der Waals surface area contributed by atoms with Gasteiger partial charge in [0.25, 0.3) is 0 Å². The first kappa shape index (κ1) is 13.4. The Morgan fingerprint density at radius 2 is 1.83 bits per heavy atom. The van der Waals surface area contributed by atoms with Gasteiger partial charge in [0.1, 0.15) is 17.2 Å². The molecule has 1 aromatic heterocycles. The van der Waals surface area contributed by atoms with E-state index in [-0.39, 0.29) is 0 Å². The molecule has 0 aliphatic carbocycles. The predicted octanol–water partition coefficient (Wildman–Crippen LogP) is 3.73. The molecule has 18 heavy (non-hydrogen) atoms. The van der Waals surface area contributed by atoms with E-state index in [1.807, 2.05) is 0 Å². The van der Waals surface area contributed by atoms with E-state index in [0.717, 1.165) is 15.3 Å². The largest absolute Gasteiger partial charge is 0.383 e. The fourth-order valence-corrected chi connectivity index (χ4v) is 3.14. The lowest BCUT2D eigenvalue weighted by atomic mass is 10.1. The molecule has 0 radical (unpaired) electrons. The van der Waals surface area contributed by atoms with Crippen LogP contribution in [0, 0.1) is 13.8 Å². The molecule has 0 spiro atoms. The Balaban J connectivity index is 2.14. The number of nitrogen functional groups attached to an aromatic ring is 1. The van der Waals surface area contributed by atoms with E-state index in [2.05, 4.69) is 57.9 Å². The zero-order chi connectivity index (χ0) is 13.1. The van der Waals surface area contributed by atoms with Gasteiger partial charge in [0.2, 0.25) is 0 Å². The van der Waals surface area contributed by atoms with Crippen LogP contribution in [0.2, 0.25) is 0 Å². The topological polar surface area (TPSA) is 51.8 Å². The molecule has 0 atom stereocenters. The highest BCUT2D eigenvalue weighted by Gasteiger charge is 2.07. The molecule has 1 heterocycles. The molecule has 0 amide bonds. The number of benzene rings is 1. The molecule has 0 aliphatic rings. The zero-order valence-corrected chi connectivity index (χ0v) is 12.7. The lowest BCUT2D eigenvalue weighted by Gasteiger charge is -2.06. The Labute approximate surface area is 119 Å². The average Bonchev–Trinajstić information content (AvgIpc) is 2.30. The van der Waals surface area contributed by atoms with Gasteiger partial charge in [-0.3, -0.25) is 0 Å². The Morgan fingerprint density at radius 1 is 1.17 bits per heavy atom. The molecule has 0 fully saturated rings. The molecule has 2 N–H and O–H groups in total. The van der Waals surface area contributed by atoms with Gasteiger partial charge >= 0.3 is 0 Å². The predicted molar refractivity (Wildman–Crippen MR) is 79.6 cm³/mol. The molecule has 0 unspecified atom stereocenters. The maximum Gasteiger partial charge on any atom is 0.142 e. The summed E-state index contributed by atoms with van der Waals surface area (Å²) in [4.78, 5) is 8.15. The number of aromatic nitrogens is 2. The second-order valence-corrected chi connectivity index (χ2v) is 5.92. The molecule has 5 heteroatoms. The molecule has 2 aromatic rings. The van der Waals surface area contributed by atoms with E-state index in [1.54, 1.807) is 11.8 Å². The van der Waals surface area contributed by atoms with Crippen molar-refractivity contribution in [1.29, 1.82) is 0 Å². The molecule has 1 aromatic carbocycles. The number of hydrogen-bond acceptors (Lipinski definition) is 4. The summed E-state index contributed by atoms with van der Waals surface area (Å²) in [7, 11) is 0. The van der Waals surface area contributed by atoms with Crippen LogP contribution in [-0.2, 0) is 5.75 Å². The van der Waals surface area contributed by atoms with Crippen LogP contribution in [0.25, 0.3) is 0 Å². The summed E-state index contributed by atoms with van der Waals surface area (Å²) < 4.78 is 0.777. The monoisotopic (exact) mass is 323 g/mol. The first-order chi connectivity index (χ1) is 8.56. The number of nitrogens with zero attached hydrogens (tertiary/aromatic N) is 2. The van der Waals surface area contributed by atoms with E-state index >= 15 is 0 Å². The van der Waals surface area contributed by atoms with Gasteiger partial charge in [-0.25, -0.2) is 9.97 Å². The van der Waals surface area contributed by atoms with E-state index in [9.17, 15) is 0 Å². The maximum atomic E-state index is 5.73. The van der Waals surface area contributed by atoms with Gasteiger partial charge in [-0.2, -0.15) is 0 Å². The van der Waals surface area contributed by atoms with Crippen molar-refractivity contribution in [3.63, 3.8) is 0 Å². The molecule has 0 aliphatic heterocycles. The van der Waals surface area contributed by atoms with E-state index in [0.29, 0.717) is 5.82 Å². The normalized spacial score (nSPS) is 10.6. The third-order valence-corrected chi connectivity index (χ3v) is 4.55. The summed E-state index contributed by atoms with van der Waals surface area (Å²) in [6.07, 6.45) is 1.49. The number of thioether (sulfide) groups is 1. The third kappa shape index (κ3) is 3.23. The number of hydrogen-bond donors (Lipinski definition) is 1. The summed E-state index contributed by atoms with van der Waals surface area (Å²) in [5.74, 6) is 1.35. The smallest absolute Gasteiger partial charge is 0.142 e. The molecular formula is C13H14BrN3S. The van der Waals surface area contributed by atoms with E-state index in [4.69, 9.17) is 5.73 Å². The first-order valence-electron chi connectivity index (χ1n) is 5.52. The van der Waals surface area contributed by atoms with Crippen LogP contribution in [0.15, 0.2) is 34.0 Å². The van der Waals surface area contributed by atoms with Gasteiger partial charge in [0.05, 0.1) is 4.47 Å². The Kier molecular flexibility index (Phi) is 4.24. The molecular weight excluding hydrogens is 310 g/mol. The van der Waals surface area contributed by atoms with Crippen molar-refractivity contribution in [2.24, 2.45) is 0 Å². The van der Waals surface area contributed by atoms with Crippen LogP contribution in [0.3, 0.4) is 0 Å². The molecule has 0 saturated carbocycles. The number of aryl methyl sites for hydroxylation is 2. The van der Waals surface area contributed by atoms with Crippen molar-refractivity contribution in [3.05, 3.63) is 45.7 Å². The van der Waals surface area contributed by atoms with E-state index < -0.39 is 0 Å². The zero-order valence-electron chi connectivity index (χ0n) is 10.3. The second kappa shape index (κ2) is 5.71. The van der Waals surface area contributed by atoms with Crippen LogP contribution in [0.5, 0.6) is 0 Å². The van der Waals surface area contributed by atoms with Gasteiger partial charge in [-0.15, -0.1) is 11.8 Å². The van der Waals surface area contributed by atoms with Crippen LogP contribution in [0.4, 0.5) is 5.82 Å². The minimum absolute atomic E-state index is 0.480. The Bertz CT molecular complexity index is 552. The Morgan fingerprint density at radius 3 is 2.50 bits per heavy atom. The second-order valence-electron chi connectivity index (χ2n) is 4.16. The highest BCUT2D eigenvalue weighted by atomic mass is 79.9. The van der Waals surface area contributed by atoms with Crippen LogP contribution in [-0.4, -0.2) is 9.97 Å². The summed E-state index contributed by atoms with van der Waals surface area (Å²) in [5.41, 5.74) is 9.59. The van der Waals surface area contributed by atoms with Gasteiger partial charge < -0.3 is 5.73 Å². The van der Waals surface area contributed by atoms with Gasteiger partial charge in [-0.05, 0) is 35.3 Å². The van der Waals surface area contributed by atoms with Gasteiger partial charge in [0.15, 0.2) is 0 Å². The molecule has 0 bridgehead atoms. The quantitative estimate of drug-likeness (QED) is 0.690. The minimum atomic E-state index is 0.480. The van der Waals surface area contributed by atoms with Gasteiger partial charge in [-0.1, -0.05) is 29.3 Å². The number of nitrogens with two attached hydrogens (primary N) is 1.